The number of carbonyl (C=O) groups is 2. The maximum absolute atomic E-state index is 13.0. The third-order valence-corrected chi connectivity index (χ3v) is 3.32. The van der Waals surface area contributed by atoms with Crippen LogP contribution in [0.2, 0.25) is 0 Å². The Morgan fingerprint density at radius 3 is 2.29 bits per heavy atom. The number of rotatable bonds is 1. The van der Waals surface area contributed by atoms with Crippen molar-refractivity contribution in [1.29, 1.82) is 0 Å². The molecule has 1 amide bonds. The van der Waals surface area contributed by atoms with E-state index in [4.69, 9.17) is 4.74 Å². The van der Waals surface area contributed by atoms with Gasteiger partial charge in [0.25, 0.3) is 6.08 Å². The molecule has 1 atom stereocenters. The quantitative estimate of drug-likeness (QED) is 0.699. The fourth-order valence-electron chi connectivity index (χ4n) is 2.28. The zero-order chi connectivity index (χ0) is 16.4. The molecule has 0 unspecified atom stereocenters. The van der Waals surface area contributed by atoms with E-state index >= 15 is 0 Å². The maximum Gasteiger partial charge on any atom is 0.410 e. The average Bonchev–Trinajstić information content (AvgIpc) is 2.34. The van der Waals surface area contributed by atoms with Crippen LogP contribution >= 0.6 is 0 Å². The van der Waals surface area contributed by atoms with Crippen molar-refractivity contribution in [3.8, 4) is 0 Å². The fourth-order valence-corrected chi connectivity index (χ4v) is 2.28. The first-order valence-electron chi connectivity index (χ1n) is 6.62. The van der Waals surface area contributed by atoms with Gasteiger partial charge in [0.2, 0.25) is 0 Å². The van der Waals surface area contributed by atoms with Crippen molar-refractivity contribution in [3.05, 3.63) is 11.7 Å². The van der Waals surface area contributed by atoms with Crippen LogP contribution in [0.3, 0.4) is 0 Å². The summed E-state index contributed by atoms with van der Waals surface area (Å²) in [4.78, 5) is 25.2. The molecule has 21 heavy (non-hydrogen) atoms. The molecule has 0 spiro atoms. The zero-order valence-corrected chi connectivity index (χ0v) is 13.0. The monoisotopic (exact) mass is 305 g/mol. The first-order chi connectivity index (χ1) is 9.51. The van der Waals surface area contributed by atoms with E-state index in [1.807, 2.05) is 0 Å². The summed E-state index contributed by atoms with van der Waals surface area (Å²) >= 11 is 0. The second-order valence-corrected chi connectivity index (χ2v) is 6.21. The summed E-state index contributed by atoms with van der Waals surface area (Å²) < 4.78 is 35.9. The summed E-state index contributed by atoms with van der Waals surface area (Å²) in [6.07, 6.45) is -2.62. The topological polar surface area (TPSA) is 55.8 Å². The van der Waals surface area contributed by atoms with E-state index in [0.717, 1.165) is 7.11 Å². The standard InChI is InChI=1S/C14H21F2NO4/c1-13(2,3)21-12(19)17-7-6-9(10(15)16)14(4,8-17)11(18)20-5/h6-8H2,1-5H3/t14-/m1/s1. The van der Waals surface area contributed by atoms with E-state index in [0.29, 0.717) is 0 Å². The highest BCUT2D eigenvalue weighted by atomic mass is 19.3. The number of halogens is 2. The van der Waals surface area contributed by atoms with Gasteiger partial charge in [0, 0.05) is 18.7 Å². The van der Waals surface area contributed by atoms with Crippen molar-refractivity contribution in [2.45, 2.75) is 39.7 Å². The molecular weight excluding hydrogens is 284 g/mol. The first kappa shape index (κ1) is 17.4. The molecule has 0 aromatic heterocycles. The summed E-state index contributed by atoms with van der Waals surface area (Å²) in [6, 6.07) is 0. The van der Waals surface area contributed by atoms with Gasteiger partial charge in [-0.25, -0.2) is 4.79 Å². The van der Waals surface area contributed by atoms with Crippen LogP contribution in [0.15, 0.2) is 11.7 Å². The van der Waals surface area contributed by atoms with Crippen molar-refractivity contribution >= 4 is 12.1 Å². The van der Waals surface area contributed by atoms with Gasteiger partial charge in [0.15, 0.2) is 0 Å². The number of carbonyl (C=O) groups excluding carboxylic acids is 2. The highest BCUT2D eigenvalue weighted by Gasteiger charge is 2.47. The molecule has 1 aliphatic rings. The van der Waals surface area contributed by atoms with Crippen molar-refractivity contribution in [2.24, 2.45) is 5.41 Å². The Hall–Kier alpha value is -1.66. The average molecular weight is 305 g/mol. The van der Waals surface area contributed by atoms with Crippen molar-refractivity contribution < 1.29 is 27.8 Å². The number of hydrogen-bond donors (Lipinski definition) is 0. The van der Waals surface area contributed by atoms with Gasteiger partial charge >= 0.3 is 12.1 Å². The number of esters is 1. The molecule has 1 fully saturated rings. The summed E-state index contributed by atoms with van der Waals surface area (Å²) in [5.41, 5.74) is -2.53. The SMILES string of the molecule is COC(=O)[C@]1(C)CN(C(=O)OC(C)(C)C)CCC1=C(F)F. The van der Waals surface area contributed by atoms with Crippen LogP contribution in [-0.4, -0.2) is 42.8 Å². The molecule has 0 aromatic carbocycles. The molecule has 0 radical (unpaired) electrons. The molecule has 0 bridgehead atoms. The van der Waals surface area contributed by atoms with E-state index in [1.165, 1.54) is 11.8 Å². The predicted octanol–water partition coefficient (Wildman–Crippen LogP) is 2.96. The first-order valence-corrected chi connectivity index (χ1v) is 6.62. The second-order valence-electron chi connectivity index (χ2n) is 6.21. The lowest BCUT2D eigenvalue weighted by atomic mass is 9.77. The minimum atomic E-state index is -1.90. The fraction of sp³-hybridized carbons (Fsp3) is 0.714. The molecule has 1 heterocycles. The molecule has 0 N–H and O–H groups in total. The van der Waals surface area contributed by atoms with Gasteiger partial charge in [0.1, 0.15) is 11.0 Å². The van der Waals surface area contributed by atoms with Crippen LogP contribution in [0.4, 0.5) is 13.6 Å². The third-order valence-electron chi connectivity index (χ3n) is 3.32. The van der Waals surface area contributed by atoms with Crippen LogP contribution in [0.25, 0.3) is 0 Å². The highest BCUT2D eigenvalue weighted by molar-refractivity contribution is 5.82. The zero-order valence-electron chi connectivity index (χ0n) is 13.0. The van der Waals surface area contributed by atoms with Gasteiger partial charge in [-0.2, -0.15) is 8.78 Å². The smallest absolute Gasteiger partial charge is 0.410 e. The molecule has 0 aliphatic carbocycles. The van der Waals surface area contributed by atoms with Gasteiger partial charge in [-0.15, -0.1) is 0 Å². The van der Waals surface area contributed by atoms with Crippen molar-refractivity contribution in [1.82, 2.24) is 4.90 Å². The Morgan fingerprint density at radius 1 is 1.29 bits per heavy atom. The molecule has 0 saturated carbocycles. The molecule has 0 aromatic rings. The predicted molar refractivity (Wildman–Crippen MR) is 71.8 cm³/mol. The number of methoxy groups -OCH3 is 1. The Bertz CT molecular complexity index is 466. The van der Waals surface area contributed by atoms with Crippen LogP contribution in [0.5, 0.6) is 0 Å². The molecular formula is C14H21F2NO4. The summed E-state index contributed by atoms with van der Waals surface area (Å²) in [7, 11) is 1.13. The van der Waals surface area contributed by atoms with Gasteiger partial charge in [-0.05, 0) is 34.1 Å². The molecule has 120 valence electrons. The maximum atomic E-state index is 13.0. The number of ether oxygens (including phenoxy) is 2. The van der Waals surface area contributed by atoms with Gasteiger partial charge in [-0.3, -0.25) is 4.79 Å². The van der Waals surface area contributed by atoms with E-state index in [1.54, 1.807) is 20.8 Å². The number of hydrogen-bond acceptors (Lipinski definition) is 4. The van der Waals surface area contributed by atoms with Gasteiger partial charge < -0.3 is 14.4 Å². The van der Waals surface area contributed by atoms with Gasteiger partial charge in [-0.1, -0.05) is 0 Å². The van der Waals surface area contributed by atoms with Gasteiger partial charge in [0.05, 0.1) is 7.11 Å². The van der Waals surface area contributed by atoms with Crippen LogP contribution in [-0.2, 0) is 14.3 Å². The summed E-state index contributed by atoms with van der Waals surface area (Å²) in [5.74, 6) is -0.793. The van der Waals surface area contributed by atoms with E-state index in [-0.39, 0.29) is 25.1 Å². The summed E-state index contributed by atoms with van der Waals surface area (Å²) in [5, 5.41) is 0. The minimum absolute atomic E-state index is 0.0776. The Balaban J connectivity index is 3.02. The largest absolute Gasteiger partial charge is 0.468 e. The Labute approximate surface area is 122 Å². The lowest BCUT2D eigenvalue weighted by Gasteiger charge is -2.40. The molecule has 5 nitrogen and oxygen atoms in total. The molecule has 1 rings (SSSR count). The van der Waals surface area contributed by atoms with Crippen LogP contribution in [0, 0.1) is 5.41 Å². The van der Waals surface area contributed by atoms with E-state index in [2.05, 4.69) is 4.74 Å². The Morgan fingerprint density at radius 2 is 1.86 bits per heavy atom. The highest BCUT2D eigenvalue weighted by Crippen LogP contribution is 2.39. The lowest BCUT2D eigenvalue weighted by molar-refractivity contribution is -0.151. The second kappa shape index (κ2) is 5.99. The normalized spacial score (nSPS) is 22.8. The lowest BCUT2D eigenvalue weighted by Crippen LogP contribution is -2.51. The number of nitrogens with zero attached hydrogens (tertiary/aromatic N) is 1. The van der Waals surface area contributed by atoms with Crippen LogP contribution < -0.4 is 0 Å². The van der Waals surface area contributed by atoms with E-state index in [9.17, 15) is 18.4 Å². The Kier molecular flexibility index (Phi) is 4.96. The van der Waals surface area contributed by atoms with Crippen molar-refractivity contribution in [3.63, 3.8) is 0 Å². The van der Waals surface area contributed by atoms with Crippen molar-refractivity contribution in [2.75, 3.05) is 20.2 Å². The summed E-state index contributed by atoms with van der Waals surface area (Å²) in [6.45, 7) is 6.36. The molecule has 1 aliphatic heterocycles. The van der Waals surface area contributed by atoms with Crippen LogP contribution in [0.1, 0.15) is 34.1 Å². The molecule has 7 heteroatoms. The van der Waals surface area contributed by atoms with E-state index < -0.39 is 29.2 Å². The number of likely N-dealkylation sites (tertiary alicyclic amines) is 1. The third kappa shape index (κ3) is 3.92. The minimum Gasteiger partial charge on any atom is -0.468 e. The number of amides is 1. The molecule has 1 saturated heterocycles. The number of piperidine rings is 1.